The molecule has 1 aliphatic heterocycles. The average molecular weight is 340 g/mol. The van der Waals surface area contributed by atoms with E-state index in [0.29, 0.717) is 18.8 Å². The van der Waals surface area contributed by atoms with Crippen molar-refractivity contribution < 1.29 is 14.7 Å². The molecule has 2 fully saturated rings. The molecule has 4 rings (SSSR count). The van der Waals surface area contributed by atoms with Crippen molar-refractivity contribution in [2.45, 2.75) is 26.2 Å². The summed E-state index contributed by atoms with van der Waals surface area (Å²) in [5.74, 6) is -1.08. The standard InChI is InChI=1S/C18H20N4O3/c1-12-2-4-13(5-3-12)22-11-15(19-20-22)16(23)21-8-6-18(7-9-21)10-14(18)17(24)25/h2-5,11,14H,6-10H2,1H3,(H,24,25). The van der Waals surface area contributed by atoms with Crippen LogP contribution in [0.2, 0.25) is 0 Å². The van der Waals surface area contributed by atoms with Gasteiger partial charge < -0.3 is 10.0 Å². The Labute approximate surface area is 145 Å². The Kier molecular flexibility index (Phi) is 3.59. The summed E-state index contributed by atoms with van der Waals surface area (Å²) in [5, 5.41) is 17.2. The predicted octanol–water partition coefficient (Wildman–Crippen LogP) is 1.90. The van der Waals surface area contributed by atoms with Crippen LogP contribution in [-0.4, -0.2) is 50.0 Å². The molecule has 1 spiro atoms. The maximum Gasteiger partial charge on any atom is 0.307 e. The minimum atomic E-state index is -0.708. The molecule has 1 saturated heterocycles. The lowest BCUT2D eigenvalue weighted by atomic mass is 9.90. The quantitative estimate of drug-likeness (QED) is 0.922. The molecule has 130 valence electrons. The van der Waals surface area contributed by atoms with E-state index >= 15 is 0 Å². The number of likely N-dealkylation sites (tertiary alicyclic amines) is 1. The van der Waals surface area contributed by atoms with Gasteiger partial charge in [0.15, 0.2) is 5.69 Å². The molecule has 2 aliphatic rings. The largest absolute Gasteiger partial charge is 0.481 e. The lowest BCUT2D eigenvalue weighted by Crippen LogP contribution is -2.40. The van der Waals surface area contributed by atoms with E-state index in [0.717, 1.165) is 30.5 Å². The van der Waals surface area contributed by atoms with E-state index in [1.165, 1.54) is 0 Å². The Balaban J connectivity index is 1.42. The fourth-order valence-corrected chi connectivity index (χ4v) is 3.75. The van der Waals surface area contributed by atoms with Crippen molar-refractivity contribution in [1.29, 1.82) is 0 Å². The van der Waals surface area contributed by atoms with Crippen LogP contribution in [0.1, 0.15) is 35.3 Å². The van der Waals surface area contributed by atoms with Gasteiger partial charge in [0.1, 0.15) is 0 Å². The van der Waals surface area contributed by atoms with E-state index in [-0.39, 0.29) is 17.2 Å². The number of hydrogen-bond acceptors (Lipinski definition) is 4. The molecule has 1 amide bonds. The van der Waals surface area contributed by atoms with Crippen LogP contribution in [0.15, 0.2) is 30.5 Å². The number of aryl methyl sites for hydroxylation is 1. The van der Waals surface area contributed by atoms with E-state index in [9.17, 15) is 9.59 Å². The number of aromatic nitrogens is 3. The second-order valence-corrected chi connectivity index (χ2v) is 7.13. The molecule has 2 aromatic rings. The minimum absolute atomic E-state index is 0.0812. The fraction of sp³-hybridized carbons (Fsp3) is 0.444. The molecular formula is C18H20N4O3. The van der Waals surface area contributed by atoms with Crippen molar-refractivity contribution in [3.63, 3.8) is 0 Å². The van der Waals surface area contributed by atoms with E-state index in [1.54, 1.807) is 15.8 Å². The molecule has 1 atom stereocenters. The van der Waals surface area contributed by atoms with Crippen molar-refractivity contribution in [1.82, 2.24) is 19.9 Å². The zero-order valence-corrected chi connectivity index (χ0v) is 14.1. The second-order valence-electron chi connectivity index (χ2n) is 7.13. The third-order valence-electron chi connectivity index (χ3n) is 5.55. The number of benzene rings is 1. The summed E-state index contributed by atoms with van der Waals surface area (Å²) >= 11 is 0. The third-order valence-corrected chi connectivity index (χ3v) is 5.55. The van der Waals surface area contributed by atoms with Gasteiger partial charge in [-0.2, -0.15) is 0 Å². The monoisotopic (exact) mass is 340 g/mol. The topological polar surface area (TPSA) is 88.3 Å². The maximum atomic E-state index is 12.6. The summed E-state index contributed by atoms with van der Waals surface area (Å²) in [6.45, 7) is 3.18. The Hall–Kier alpha value is -2.70. The van der Waals surface area contributed by atoms with Crippen molar-refractivity contribution in [3.05, 3.63) is 41.7 Å². The summed E-state index contributed by atoms with van der Waals surface area (Å²) in [5.41, 5.74) is 2.25. The first-order valence-corrected chi connectivity index (χ1v) is 8.50. The molecule has 1 aromatic carbocycles. The van der Waals surface area contributed by atoms with Crippen molar-refractivity contribution >= 4 is 11.9 Å². The average Bonchev–Trinajstić information content (AvgIpc) is 3.09. The van der Waals surface area contributed by atoms with Crippen LogP contribution in [0, 0.1) is 18.3 Å². The van der Waals surface area contributed by atoms with Crippen LogP contribution in [0.4, 0.5) is 0 Å². The third kappa shape index (κ3) is 2.79. The Morgan fingerprint density at radius 2 is 1.88 bits per heavy atom. The van der Waals surface area contributed by atoms with Gasteiger partial charge in [0.2, 0.25) is 0 Å². The number of amides is 1. The molecule has 1 N–H and O–H groups in total. The molecule has 25 heavy (non-hydrogen) atoms. The highest BCUT2D eigenvalue weighted by Crippen LogP contribution is 2.59. The number of carboxylic acid groups (broad SMARTS) is 1. The van der Waals surface area contributed by atoms with Crippen LogP contribution in [0.5, 0.6) is 0 Å². The summed E-state index contributed by atoms with van der Waals surface area (Å²) in [7, 11) is 0. The molecular weight excluding hydrogens is 320 g/mol. The van der Waals surface area contributed by atoms with Gasteiger partial charge in [-0.25, -0.2) is 4.68 Å². The second kappa shape index (κ2) is 5.68. The minimum Gasteiger partial charge on any atom is -0.481 e. The van der Waals surface area contributed by atoms with E-state index in [1.807, 2.05) is 31.2 Å². The summed E-state index contributed by atoms with van der Waals surface area (Å²) in [6.07, 6.45) is 3.89. The Morgan fingerprint density at radius 1 is 1.20 bits per heavy atom. The maximum absolute atomic E-state index is 12.6. The number of rotatable bonds is 3. The molecule has 2 heterocycles. The molecule has 7 nitrogen and oxygen atoms in total. The van der Waals surface area contributed by atoms with Gasteiger partial charge in [-0.3, -0.25) is 9.59 Å². The van der Waals surface area contributed by atoms with Gasteiger partial charge >= 0.3 is 5.97 Å². The number of piperidine rings is 1. The van der Waals surface area contributed by atoms with Crippen molar-refractivity contribution in [3.8, 4) is 5.69 Å². The number of carbonyl (C=O) groups is 2. The fourth-order valence-electron chi connectivity index (χ4n) is 3.75. The zero-order chi connectivity index (χ0) is 17.6. The smallest absolute Gasteiger partial charge is 0.307 e. The molecule has 1 saturated carbocycles. The molecule has 0 bridgehead atoms. The van der Waals surface area contributed by atoms with Crippen molar-refractivity contribution in [2.24, 2.45) is 11.3 Å². The SMILES string of the molecule is Cc1ccc(-n2cc(C(=O)N3CCC4(CC3)CC4C(=O)O)nn2)cc1. The van der Waals surface area contributed by atoms with Gasteiger partial charge in [0.05, 0.1) is 17.8 Å². The lowest BCUT2D eigenvalue weighted by molar-refractivity contribution is -0.139. The normalized spacial score (nSPS) is 21.3. The Bertz CT molecular complexity index is 819. The van der Waals surface area contributed by atoms with Crippen LogP contribution in [-0.2, 0) is 4.79 Å². The summed E-state index contributed by atoms with van der Waals surface area (Å²) in [6, 6.07) is 7.83. The summed E-state index contributed by atoms with van der Waals surface area (Å²) < 4.78 is 1.60. The summed E-state index contributed by atoms with van der Waals surface area (Å²) in [4.78, 5) is 25.5. The molecule has 1 unspecified atom stereocenters. The van der Waals surface area contributed by atoms with E-state index in [4.69, 9.17) is 5.11 Å². The first kappa shape index (κ1) is 15.8. The first-order valence-electron chi connectivity index (χ1n) is 8.50. The number of nitrogens with zero attached hydrogens (tertiary/aromatic N) is 4. The van der Waals surface area contributed by atoms with Gasteiger partial charge in [-0.15, -0.1) is 5.10 Å². The van der Waals surface area contributed by atoms with E-state index in [2.05, 4.69) is 10.3 Å². The van der Waals surface area contributed by atoms with E-state index < -0.39 is 5.97 Å². The van der Waals surface area contributed by atoms with Gasteiger partial charge in [-0.05, 0) is 43.7 Å². The Morgan fingerprint density at radius 3 is 2.48 bits per heavy atom. The van der Waals surface area contributed by atoms with Gasteiger partial charge in [0.25, 0.3) is 5.91 Å². The lowest BCUT2D eigenvalue weighted by Gasteiger charge is -2.32. The molecule has 7 heteroatoms. The highest BCUT2D eigenvalue weighted by molar-refractivity contribution is 5.92. The number of carboxylic acids is 1. The zero-order valence-electron chi connectivity index (χ0n) is 14.1. The number of hydrogen-bond donors (Lipinski definition) is 1. The van der Waals surface area contributed by atoms with Crippen LogP contribution >= 0.6 is 0 Å². The highest BCUT2D eigenvalue weighted by atomic mass is 16.4. The molecule has 0 radical (unpaired) electrons. The van der Waals surface area contributed by atoms with Crippen LogP contribution < -0.4 is 0 Å². The number of aliphatic carboxylic acids is 1. The molecule has 1 aliphatic carbocycles. The van der Waals surface area contributed by atoms with Crippen LogP contribution in [0.3, 0.4) is 0 Å². The van der Waals surface area contributed by atoms with Gasteiger partial charge in [0, 0.05) is 13.1 Å². The van der Waals surface area contributed by atoms with Crippen LogP contribution in [0.25, 0.3) is 5.69 Å². The predicted molar refractivity (Wildman–Crippen MR) is 89.4 cm³/mol. The highest BCUT2D eigenvalue weighted by Gasteiger charge is 2.59. The van der Waals surface area contributed by atoms with Crippen molar-refractivity contribution in [2.75, 3.05) is 13.1 Å². The van der Waals surface area contributed by atoms with Gasteiger partial charge in [-0.1, -0.05) is 22.9 Å². The molecule has 1 aromatic heterocycles. The number of carbonyl (C=O) groups excluding carboxylic acids is 1. The first-order chi connectivity index (χ1) is 12.0.